The Balaban J connectivity index is 1.47. The van der Waals surface area contributed by atoms with E-state index < -0.39 is 9.84 Å². The van der Waals surface area contributed by atoms with Gasteiger partial charge in [0.2, 0.25) is 0 Å². The highest BCUT2D eigenvalue weighted by atomic mass is 79.9. The van der Waals surface area contributed by atoms with Crippen molar-refractivity contribution in [2.75, 3.05) is 0 Å². The van der Waals surface area contributed by atoms with Crippen LogP contribution >= 0.6 is 15.9 Å². The maximum absolute atomic E-state index is 12.6. The van der Waals surface area contributed by atoms with Crippen LogP contribution in [0.1, 0.15) is 46.3 Å². The average molecular weight is 474 g/mol. The molecule has 0 saturated carbocycles. The number of fused-ring (bicyclic) bond motifs is 1. The number of nitrogens with one attached hydrogen (secondary N) is 1. The molecule has 5 nitrogen and oxygen atoms in total. The Hall–Kier alpha value is -2.38. The summed E-state index contributed by atoms with van der Waals surface area (Å²) < 4.78 is 31.5. The first-order chi connectivity index (χ1) is 13.9. The van der Waals surface area contributed by atoms with Gasteiger partial charge < -0.3 is 9.73 Å². The molecular weight excluding hydrogens is 454 g/mol. The van der Waals surface area contributed by atoms with E-state index in [2.05, 4.69) is 27.3 Å². The van der Waals surface area contributed by atoms with Crippen molar-refractivity contribution < 1.29 is 17.6 Å². The van der Waals surface area contributed by atoms with Crippen LogP contribution in [0.15, 0.2) is 74.4 Å². The van der Waals surface area contributed by atoms with Gasteiger partial charge in [-0.1, -0.05) is 40.2 Å². The third-order valence-electron chi connectivity index (χ3n) is 5.07. The molecule has 0 spiro atoms. The summed E-state index contributed by atoms with van der Waals surface area (Å²) in [4.78, 5) is 12.9. The number of carbonyl (C=O) groups excluding carboxylic acids is 1. The van der Waals surface area contributed by atoms with Crippen molar-refractivity contribution in [1.82, 2.24) is 5.32 Å². The minimum Gasteiger partial charge on any atom is -0.455 e. The lowest BCUT2D eigenvalue weighted by Gasteiger charge is -2.25. The molecule has 2 aromatic carbocycles. The van der Waals surface area contributed by atoms with E-state index in [0.717, 1.165) is 29.3 Å². The lowest BCUT2D eigenvalue weighted by atomic mass is 9.88. The average Bonchev–Trinajstić information content (AvgIpc) is 3.16. The zero-order chi connectivity index (χ0) is 20.4. The Kier molecular flexibility index (Phi) is 5.61. The first-order valence-electron chi connectivity index (χ1n) is 9.38. The van der Waals surface area contributed by atoms with Crippen LogP contribution < -0.4 is 5.32 Å². The summed E-state index contributed by atoms with van der Waals surface area (Å²) in [7, 11) is -3.56. The molecule has 1 aromatic heterocycles. The fourth-order valence-corrected chi connectivity index (χ4v) is 5.13. The fraction of sp³-hybridized carbons (Fsp3) is 0.227. The molecule has 0 fully saturated rings. The number of halogens is 1. The molecule has 0 saturated heterocycles. The Morgan fingerprint density at radius 2 is 1.83 bits per heavy atom. The molecule has 0 radical (unpaired) electrons. The van der Waals surface area contributed by atoms with Crippen molar-refractivity contribution in [2.45, 2.75) is 36.0 Å². The molecule has 1 heterocycles. The zero-order valence-corrected chi connectivity index (χ0v) is 18.0. The second kappa shape index (κ2) is 8.16. The van der Waals surface area contributed by atoms with E-state index in [0.29, 0.717) is 0 Å². The number of furan rings is 1. The highest BCUT2D eigenvalue weighted by Crippen LogP contribution is 2.30. The van der Waals surface area contributed by atoms with Crippen LogP contribution in [-0.4, -0.2) is 14.3 Å². The SMILES string of the molecule is O=C(NC1CCCc2ccccc21)c1ccc(CS(=O)(=O)c2ccc(Br)cc2)o1. The van der Waals surface area contributed by atoms with E-state index in [1.165, 1.54) is 23.8 Å². The number of hydrogen-bond acceptors (Lipinski definition) is 4. The van der Waals surface area contributed by atoms with Crippen molar-refractivity contribution in [3.05, 3.63) is 87.8 Å². The predicted molar refractivity (Wildman–Crippen MR) is 113 cm³/mol. The summed E-state index contributed by atoms with van der Waals surface area (Å²) in [5.74, 6) is -0.274. The maximum atomic E-state index is 12.6. The molecule has 1 amide bonds. The molecule has 29 heavy (non-hydrogen) atoms. The maximum Gasteiger partial charge on any atom is 0.287 e. The van der Waals surface area contributed by atoms with E-state index in [1.807, 2.05) is 18.2 Å². The summed E-state index contributed by atoms with van der Waals surface area (Å²) in [5, 5.41) is 3.02. The van der Waals surface area contributed by atoms with Gasteiger partial charge in [-0.05, 0) is 66.8 Å². The van der Waals surface area contributed by atoms with Crippen LogP contribution in [0.25, 0.3) is 0 Å². The van der Waals surface area contributed by atoms with Crippen molar-refractivity contribution in [3.63, 3.8) is 0 Å². The molecule has 3 aromatic rings. The van der Waals surface area contributed by atoms with Gasteiger partial charge >= 0.3 is 0 Å². The van der Waals surface area contributed by atoms with Crippen LogP contribution in [0, 0.1) is 0 Å². The number of sulfone groups is 1. The van der Waals surface area contributed by atoms with Gasteiger partial charge in [0.05, 0.1) is 10.9 Å². The van der Waals surface area contributed by atoms with Crippen LogP contribution in [0.3, 0.4) is 0 Å². The Morgan fingerprint density at radius 3 is 2.62 bits per heavy atom. The van der Waals surface area contributed by atoms with Crippen LogP contribution in [-0.2, 0) is 22.0 Å². The van der Waals surface area contributed by atoms with Crippen LogP contribution in [0.2, 0.25) is 0 Å². The van der Waals surface area contributed by atoms with Crippen molar-refractivity contribution >= 4 is 31.7 Å². The van der Waals surface area contributed by atoms with Gasteiger partial charge in [0.1, 0.15) is 11.5 Å². The molecule has 1 aliphatic carbocycles. The third kappa shape index (κ3) is 4.46. The van der Waals surface area contributed by atoms with Crippen molar-refractivity contribution in [3.8, 4) is 0 Å². The van der Waals surface area contributed by atoms with Gasteiger partial charge in [-0.2, -0.15) is 0 Å². The first kappa shape index (κ1) is 19.9. The standard InChI is InChI=1S/C22H20BrNO4S/c23-16-8-11-18(12-9-16)29(26,27)14-17-10-13-21(28-17)22(25)24-20-7-3-5-15-4-1-2-6-19(15)20/h1-2,4,6,8-13,20H,3,5,7,14H2,(H,24,25). The monoisotopic (exact) mass is 473 g/mol. The number of aryl methyl sites for hydroxylation is 1. The van der Waals surface area contributed by atoms with E-state index in [9.17, 15) is 13.2 Å². The van der Waals surface area contributed by atoms with E-state index in [-0.39, 0.29) is 34.1 Å². The van der Waals surface area contributed by atoms with E-state index >= 15 is 0 Å². The molecule has 1 aliphatic rings. The summed E-state index contributed by atoms with van der Waals surface area (Å²) in [6.45, 7) is 0. The lowest BCUT2D eigenvalue weighted by Crippen LogP contribution is -2.30. The number of benzene rings is 2. The largest absolute Gasteiger partial charge is 0.455 e. The van der Waals surface area contributed by atoms with Gasteiger partial charge in [0, 0.05) is 4.47 Å². The number of carbonyl (C=O) groups is 1. The molecule has 7 heteroatoms. The lowest BCUT2D eigenvalue weighted by molar-refractivity contribution is 0.0903. The molecule has 1 unspecified atom stereocenters. The molecule has 1 atom stereocenters. The van der Waals surface area contributed by atoms with Gasteiger partial charge in [-0.3, -0.25) is 4.79 Å². The van der Waals surface area contributed by atoms with Gasteiger partial charge in [-0.25, -0.2) is 8.42 Å². The molecule has 1 N–H and O–H groups in total. The van der Waals surface area contributed by atoms with Gasteiger partial charge in [-0.15, -0.1) is 0 Å². The quantitative estimate of drug-likeness (QED) is 0.575. The topological polar surface area (TPSA) is 76.4 Å². The van der Waals surface area contributed by atoms with Crippen LogP contribution in [0.4, 0.5) is 0 Å². The molecular formula is C22H20BrNO4S. The molecule has 4 rings (SSSR count). The summed E-state index contributed by atoms with van der Waals surface area (Å²) in [6, 6.07) is 17.5. The van der Waals surface area contributed by atoms with Crippen LogP contribution in [0.5, 0.6) is 0 Å². The Bertz CT molecular complexity index is 1140. The minimum absolute atomic E-state index is 0.0625. The summed E-state index contributed by atoms with van der Waals surface area (Å²) in [5.41, 5.74) is 2.39. The third-order valence-corrected chi connectivity index (χ3v) is 7.25. The Labute approximate surface area is 178 Å². The second-order valence-electron chi connectivity index (χ2n) is 7.10. The first-order valence-corrected chi connectivity index (χ1v) is 11.8. The van der Waals surface area contributed by atoms with Gasteiger partial charge in [0.25, 0.3) is 5.91 Å². The number of rotatable bonds is 5. The van der Waals surface area contributed by atoms with Gasteiger partial charge in [0.15, 0.2) is 15.6 Å². The van der Waals surface area contributed by atoms with E-state index in [1.54, 1.807) is 18.2 Å². The minimum atomic E-state index is -3.56. The Morgan fingerprint density at radius 1 is 1.07 bits per heavy atom. The fourth-order valence-electron chi connectivity index (χ4n) is 3.62. The summed E-state index contributed by atoms with van der Waals surface area (Å²) in [6.07, 6.45) is 2.90. The zero-order valence-electron chi connectivity index (χ0n) is 15.6. The highest BCUT2D eigenvalue weighted by Gasteiger charge is 2.24. The number of hydrogen-bond donors (Lipinski definition) is 1. The van der Waals surface area contributed by atoms with Crippen molar-refractivity contribution in [1.29, 1.82) is 0 Å². The summed E-state index contributed by atoms with van der Waals surface area (Å²) >= 11 is 3.29. The highest BCUT2D eigenvalue weighted by molar-refractivity contribution is 9.10. The molecule has 0 bridgehead atoms. The van der Waals surface area contributed by atoms with E-state index in [4.69, 9.17) is 4.42 Å². The normalized spacial score (nSPS) is 16.2. The molecule has 0 aliphatic heterocycles. The second-order valence-corrected chi connectivity index (χ2v) is 10.0. The van der Waals surface area contributed by atoms with Crippen molar-refractivity contribution in [2.24, 2.45) is 0 Å². The smallest absolute Gasteiger partial charge is 0.287 e. The molecule has 150 valence electrons. The number of amides is 1. The predicted octanol–water partition coefficient (Wildman–Crippen LogP) is 4.82.